The maximum atomic E-state index is 11.9. The predicted octanol–water partition coefficient (Wildman–Crippen LogP) is 2.40. The number of nitrogens with two attached hydrogens (primary N) is 1. The molecular formula is C15H24N2O3S. The molecule has 0 heterocycles. The van der Waals surface area contributed by atoms with E-state index in [1.54, 1.807) is 18.2 Å². The lowest BCUT2D eigenvalue weighted by molar-refractivity contribution is -0.115. The van der Waals surface area contributed by atoms with Crippen LogP contribution in [-0.2, 0) is 15.6 Å². The number of benzene rings is 1. The van der Waals surface area contributed by atoms with E-state index in [1.165, 1.54) is 7.11 Å². The van der Waals surface area contributed by atoms with Gasteiger partial charge in [-0.1, -0.05) is 20.3 Å². The maximum Gasteiger partial charge on any atom is 0.225 e. The summed E-state index contributed by atoms with van der Waals surface area (Å²) in [6.07, 6.45) is 1.22. The first kappa shape index (κ1) is 17.5. The highest BCUT2D eigenvalue weighted by Crippen LogP contribution is 2.26. The molecule has 1 aromatic rings. The van der Waals surface area contributed by atoms with Gasteiger partial charge >= 0.3 is 0 Å². The number of carbonyl (C=O) groups is 1. The number of hydrogen-bond acceptors (Lipinski definition) is 4. The molecular weight excluding hydrogens is 288 g/mol. The second-order valence-electron chi connectivity index (χ2n) is 5.08. The number of nitrogens with one attached hydrogen (secondary N) is 1. The first-order chi connectivity index (χ1) is 9.96. The van der Waals surface area contributed by atoms with Crippen LogP contribution in [-0.4, -0.2) is 28.7 Å². The summed E-state index contributed by atoms with van der Waals surface area (Å²) in [5, 5.41) is 2.75. The molecule has 1 aromatic carbocycles. The van der Waals surface area contributed by atoms with Crippen LogP contribution in [0.5, 0.6) is 5.75 Å². The highest BCUT2D eigenvalue weighted by atomic mass is 32.2. The lowest BCUT2D eigenvalue weighted by Crippen LogP contribution is -2.18. The van der Waals surface area contributed by atoms with Gasteiger partial charge in [0.05, 0.1) is 12.8 Å². The van der Waals surface area contributed by atoms with Crippen molar-refractivity contribution in [2.45, 2.75) is 26.7 Å². The van der Waals surface area contributed by atoms with Gasteiger partial charge in [-0.15, -0.1) is 0 Å². The number of rotatable bonds is 8. The van der Waals surface area contributed by atoms with Crippen molar-refractivity contribution in [1.29, 1.82) is 0 Å². The van der Waals surface area contributed by atoms with Crippen molar-refractivity contribution in [2.75, 3.05) is 29.7 Å². The van der Waals surface area contributed by atoms with Gasteiger partial charge in [0.2, 0.25) is 5.91 Å². The second-order valence-corrected chi connectivity index (χ2v) is 6.70. The van der Waals surface area contributed by atoms with Gasteiger partial charge < -0.3 is 15.8 Å². The average Bonchev–Trinajstić information content (AvgIpc) is 2.45. The van der Waals surface area contributed by atoms with Gasteiger partial charge in [-0.25, -0.2) is 0 Å². The van der Waals surface area contributed by atoms with Crippen molar-refractivity contribution in [2.24, 2.45) is 5.92 Å². The van der Waals surface area contributed by atoms with Crippen LogP contribution in [0.3, 0.4) is 0 Å². The molecule has 0 aromatic heterocycles. The van der Waals surface area contributed by atoms with Crippen molar-refractivity contribution >= 4 is 28.1 Å². The molecule has 21 heavy (non-hydrogen) atoms. The van der Waals surface area contributed by atoms with E-state index in [1.807, 2.05) is 0 Å². The van der Waals surface area contributed by atoms with Crippen LogP contribution >= 0.6 is 0 Å². The molecule has 0 fully saturated rings. The number of carbonyl (C=O) groups excluding carboxylic acids is 1. The summed E-state index contributed by atoms with van der Waals surface area (Å²) in [7, 11) is 0.573. The summed E-state index contributed by atoms with van der Waals surface area (Å²) in [4.78, 5) is 11.9. The number of amides is 1. The van der Waals surface area contributed by atoms with E-state index in [-0.39, 0.29) is 12.3 Å². The van der Waals surface area contributed by atoms with Crippen LogP contribution in [0.15, 0.2) is 18.2 Å². The monoisotopic (exact) mass is 312 g/mol. The van der Waals surface area contributed by atoms with Crippen molar-refractivity contribution in [3.8, 4) is 5.75 Å². The van der Waals surface area contributed by atoms with Crippen molar-refractivity contribution in [1.82, 2.24) is 0 Å². The number of ether oxygens (including phenoxy) is 1. The molecule has 0 saturated heterocycles. The van der Waals surface area contributed by atoms with Gasteiger partial charge in [-0.05, 0) is 24.1 Å². The molecule has 0 aliphatic carbocycles. The molecule has 1 amide bonds. The third kappa shape index (κ3) is 6.16. The zero-order chi connectivity index (χ0) is 15.8. The summed E-state index contributed by atoms with van der Waals surface area (Å²) in [5.74, 6) is 1.81. The van der Waals surface area contributed by atoms with E-state index in [9.17, 15) is 9.00 Å². The molecule has 0 spiro atoms. The topological polar surface area (TPSA) is 81.4 Å². The average molecular weight is 312 g/mol. The SMILES string of the molecule is CCC(C)CS(=O)CCC(=O)Nc1cc(N)ccc1OC. The van der Waals surface area contributed by atoms with Crippen LogP contribution in [0, 0.1) is 5.92 Å². The van der Waals surface area contributed by atoms with Gasteiger partial charge in [0.25, 0.3) is 0 Å². The summed E-state index contributed by atoms with van der Waals surface area (Å²) in [6.45, 7) is 4.14. The molecule has 1 rings (SSSR count). The molecule has 6 heteroatoms. The lowest BCUT2D eigenvalue weighted by Gasteiger charge is -2.11. The molecule has 2 unspecified atom stereocenters. The molecule has 2 atom stereocenters. The minimum atomic E-state index is -0.957. The Hall–Kier alpha value is -1.56. The lowest BCUT2D eigenvalue weighted by atomic mass is 10.2. The van der Waals surface area contributed by atoms with Gasteiger partial charge in [-0.3, -0.25) is 9.00 Å². The Morgan fingerprint density at radius 1 is 1.48 bits per heavy atom. The van der Waals surface area contributed by atoms with E-state index in [4.69, 9.17) is 10.5 Å². The molecule has 0 radical (unpaired) electrons. The first-order valence-corrected chi connectivity index (χ1v) is 8.53. The molecule has 0 aliphatic rings. The normalized spacial score (nSPS) is 13.5. The third-order valence-electron chi connectivity index (χ3n) is 3.22. The van der Waals surface area contributed by atoms with E-state index >= 15 is 0 Å². The maximum absolute atomic E-state index is 11.9. The molecule has 0 saturated carbocycles. The molecule has 3 N–H and O–H groups in total. The van der Waals surface area contributed by atoms with Gasteiger partial charge in [0.15, 0.2) is 0 Å². The molecule has 5 nitrogen and oxygen atoms in total. The smallest absolute Gasteiger partial charge is 0.225 e. The zero-order valence-corrected chi connectivity index (χ0v) is 13.7. The first-order valence-electron chi connectivity index (χ1n) is 7.04. The Kier molecular flexibility index (Phi) is 7.22. The van der Waals surface area contributed by atoms with E-state index in [2.05, 4.69) is 19.2 Å². The second kappa shape index (κ2) is 8.67. The van der Waals surface area contributed by atoms with Crippen LogP contribution < -0.4 is 15.8 Å². The van der Waals surface area contributed by atoms with Crippen LogP contribution in [0.4, 0.5) is 11.4 Å². The minimum absolute atomic E-state index is 0.184. The zero-order valence-electron chi connectivity index (χ0n) is 12.8. The standard InChI is InChI=1S/C15H24N2O3S/c1-4-11(2)10-21(19)8-7-15(18)17-13-9-12(16)5-6-14(13)20-3/h5-6,9,11H,4,7-8,10,16H2,1-3H3,(H,17,18). The largest absolute Gasteiger partial charge is 0.495 e. The van der Waals surface area contributed by atoms with Crippen molar-refractivity contribution in [3.63, 3.8) is 0 Å². The third-order valence-corrected chi connectivity index (χ3v) is 4.82. The highest BCUT2D eigenvalue weighted by Gasteiger charge is 2.11. The molecule has 0 bridgehead atoms. The summed E-state index contributed by atoms with van der Waals surface area (Å²) < 4.78 is 17.0. The van der Waals surface area contributed by atoms with Crippen LogP contribution in [0.25, 0.3) is 0 Å². The number of hydrogen-bond donors (Lipinski definition) is 2. The van der Waals surface area contributed by atoms with Crippen molar-refractivity contribution < 1.29 is 13.7 Å². The predicted molar refractivity (Wildman–Crippen MR) is 88.0 cm³/mol. The minimum Gasteiger partial charge on any atom is -0.495 e. The fourth-order valence-corrected chi connectivity index (χ4v) is 3.21. The summed E-state index contributed by atoms with van der Waals surface area (Å²) >= 11 is 0. The van der Waals surface area contributed by atoms with Gasteiger partial charge in [0.1, 0.15) is 5.75 Å². The number of nitrogen functional groups attached to an aromatic ring is 1. The van der Waals surface area contributed by atoms with E-state index < -0.39 is 10.8 Å². The Labute approximate surface area is 128 Å². The van der Waals surface area contributed by atoms with E-state index in [0.717, 1.165) is 6.42 Å². The Morgan fingerprint density at radius 3 is 2.81 bits per heavy atom. The van der Waals surface area contributed by atoms with Crippen LogP contribution in [0.2, 0.25) is 0 Å². The Bertz CT molecular complexity index is 506. The van der Waals surface area contributed by atoms with Crippen molar-refractivity contribution in [3.05, 3.63) is 18.2 Å². The molecule has 0 aliphatic heterocycles. The Morgan fingerprint density at radius 2 is 2.19 bits per heavy atom. The molecule has 118 valence electrons. The van der Waals surface area contributed by atoms with E-state index in [0.29, 0.717) is 34.5 Å². The number of methoxy groups -OCH3 is 1. The van der Waals surface area contributed by atoms with Gasteiger partial charge in [0, 0.05) is 34.4 Å². The number of anilines is 2. The van der Waals surface area contributed by atoms with Gasteiger partial charge in [-0.2, -0.15) is 0 Å². The fraction of sp³-hybridized carbons (Fsp3) is 0.533. The Balaban J connectivity index is 2.51. The highest BCUT2D eigenvalue weighted by molar-refractivity contribution is 7.85. The quantitative estimate of drug-likeness (QED) is 0.722. The summed E-state index contributed by atoms with van der Waals surface area (Å²) in [6, 6.07) is 5.05. The fourth-order valence-electron chi connectivity index (χ4n) is 1.76. The summed E-state index contributed by atoms with van der Waals surface area (Å²) in [5.41, 5.74) is 6.78. The van der Waals surface area contributed by atoms with Crippen LogP contribution in [0.1, 0.15) is 26.7 Å².